The summed E-state index contributed by atoms with van der Waals surface area (Å²) in [6.45, 7) is 1.87. The van der Waals surface area contributed by atoms with Gasteiger partial charge in [-0.05, 0) is 55.0 Å². The largest absolute Gasteiger partial charge is 0.507 e. The van der Waals surface area contributed by atoms with Crippen molar-refractivity contribution in [2.75, 3.05) is 12.0 Å². The molecule has 31 heavy (non-hydrogen) atoms. The van der Waals surface area contributed by atoms with Crippen LogP contribution in [-0.4, -0.2) is 28.9 Å². The molecule has 3 aromatic rings. The van der Waals surface area contributed by atoms with Crippen LogP contribution in [0.3, 0.4) is 0 Å². The van der Waals surface area contributed by atoms with E-state index >= 15 is 0 Å². The zero-order valence-electron chi connectivity index (χ0n) is 16.9. The fourth-order valence-electron chi connectivity index (χ4n) is 3.70. The monoisotopic (exact) mass is 418 g/mol. The summed E-state index contributed by atoms with van der Waals surface area (Å²) in [7, 11) is 1.37. The molecular formula is C24H19FN2O4. The van der Waals surface area contributed by atoms with Gasteiger partial charge in [-0.15, -0.1) is 0 Å². The lowest BCUT2D eigenvalue weighted by molar-refractivity contribution is -0.132. The van der Waals surface area contributed by atoms with Crippen molar-refractivity contribution in [1.29, 1.82) is 0 Å². The fourth-order valence-corrected chi connectivity index (χ4v) is 3.70. The van der Waals surface area contributed by atoms with Crippen molar-refractivity contribution < 1.29 is 23.8 Å². The minimum Gasteiger partial charge on any atom is -0.507 e. The number of halogens is 1. The molecule has 1 saturated heterocycles. The number of hydrogen-bond acceptors (Lipinski definition) is 5. The maximum Gasteiger partial charge on any atom is 0.300 e. The number of aryl methyl sites for hydroxylation is 1. The minimum atomic E-state index is -0.990. The molecule has 7 heteroatoms. The maximum atomic E-state index is 13.9. The van der Waals surface area contributed by atoms with Gasteiger partial charge < -0.3 is 9.84 Å². The van der Waals surface area contributed by atoms with Crippen LogP contribution in [0.2, 0.25) is 0 Å². The van der Waals surface area contributed by atoms with Gasteiger partial charge in [-0.25, -0.2) is 4.39 Å². The third kappa shape index (κ3) is 3.54. The summed E-state index contributed by atoms with van der Waals surface area (Å²) in [4.78, 5) is 31.8. The van der Waals surface area contributed by atoms with E-state index in [2.05, 4.69) is 4.98 Å². The van der Waals surface area contributed by atoms with E-state index in [1.54, 1.807) is 36.4 Å². The van der Waals surface area contributed by atoms with Crippen molar-refractivity contribution in [3.63, 3.8) is 0 Å². The predicted molar refractivity (Wildman–Crippen MR) is 113 cm³/mol. The Labute approximate surface area is 178 Å². The van der Waals surface area contributed by atoms with E-state index in [9.17, 15) is 19.1 Å². The normalized spacial score (nSPS) is 17.8. The Balaban J connectivity index is 1.99. The molecule has 1 amide bonds. The molecule has 1 aliphatic heterocycles. The molecule has 156 valence electrons. The van der Waals surface area contributed by atoms with Crippen molar-refractivity contribution in [3.8, 4) is 5.75 Å². The minimum absolute atomic E-state index is 0.0225. The summed E-state index contributed by atoms with van der Waals surface area (Å²) in [6.07, 6.45) is 1.54. The highest BCUT2D eigenvalue weighted by Gasteiger charge is 2.47. The van der Waals surface area contributed by atoms with Crippen molar-refractivity contribution in [2.45, 2.75) is 13.0 Å². The molecule has 1 N–H and O–H groups in total. The van der Waals surface area contributed by atoms with Gasteiger partial charge in [0.05, 0.1) is 23.9 Å². The number of aliphatic hydroxyl groups is 1. The number of Topliss-reactive ketones (excluding diaryl/α,β-unsaturated/α-hetero) is 1. The van der Waals surface area contributed by atoms with Crippen LogP contribution in [0, 0.1) is 12.7 Å². The first kappa shape index (κ1) is 20.3. The fraction of sp³-hybridized carbons (Fsp3) is 0.125. The molecule has 0 spiro atoms. The lowest BCUT2D eigenvalue weighted by Crippen LogP contribution is -2.29. The molecule has 0 saturated carbocycles. The second-order valence-electron chi connectivity index (χ2n) is 7.11. The van der Waals surface area contributed by atoms with Crippen LogP contribution >= 0.6 is 0 Å². The number of carbonyl (C=O) groups is 2. The summed E-state index contributed by atoms with van der Waals surface area (Å²) >= 11 is 0. The lowest BCUT2D eigenvalue weighted by Gasteiger charge is -2.25. The van der Waals surface area contributed by atoms with Gasteiger partial charge in [-0.3, -0.25) is 19.5 Å². The third-order valence-corrected chi connectivity index (χ3v) is 5.11. The number of ketones is 1. The highest BCUT2D eigenvalue weighted by Crippen LogP contribution is 2.42. The zero-order valence-corrected chi connectivity index (χ0v) is 16.9. The first-order chi connectivity index (χ1) is 14.9. The smallest absolute Gasteiger partial charge is 0.300 e. The summed E-state index contributed by atoms with van der Waals surface area (Å²) < 4.78 is 19.2. The molecule has 1 fully saturated rings. The number of carbonyl (C=O) groups excluding carboxylic acids is 2. The van der Waals surface area contributed by atoms with E-state index in [1.807, 2.05) is 13.0 Å². The molecule has 6 nitrogen and oxygen atoms in total. The van der Waals surface area contributed by atoms with Gasteiger partial charge >= 0.3 is 0 Å². The quantitative estimate of drug-likeness (QED) is 0.391. The number of benzene rings is 2. The molecule has 4 rings (SSSR count). The number of nitrogens with zero attached hydrogens (tertiary/aromatic N) is 2. The highest BCUT2D eigenvalue weighted by molar-refractivity contribution is 6.51. The predicted octanol–water partition coefficient (Wildman–Crippen LogP) is 4.16. The van der Waals surface area contributed by atoms with Gasteiger partial charge in [0.15, 0.2) is 0 Å². The van der Waals surface area contributed by atoms with Gasteiger partial charge in [-0.2, -0.15) is 0 Å². The molecular weight excluding hydrogens is 399 g/mol. The Morgan fingerprint density at radius 3 is 2.58 bits per heavy atom. The van der Waals surface area contributed by atoms with E-state index in [1.165, 1.54) is 30.3 Å². The standard InChI is InChI=1S/C24H19FN2O4/c1-14-6-5-7-16(12-14)27-21(18-8-3-4-11-26-18)20(23(29)24(27)30)22(28)17-13-15(25)9-10-19(17)31-2/h3-13,21,28H,1-2H3/b22-20+. The van der Waals surface area contributed by atoms with Crippen molar-refractivity contribution in [3.05, 3.63) is 95.1 Å². The molecule has 1 aliphatic rings. The number of aliphatic hydroxyl groups excluding tert-OH is 1. The van der Waals surface area contributed by atoms with Crippen LogP contribution in [0.5, 0.6) is 5.75 Å². The molecule has 0 radical (unpaired) electrons. The second kappa shape index (κ2) is 8.02. The number of anilines is 1. The van der Waals surface area contributed by atoms with Crippen molar-refractivity contribution in [1.82, 2.24) is 4.98 Å². The van der Waals surface area contributed by atoms with Gasteiger partial charge in [0.25, 0.3) is 11.7 Å². The number of rotatable bonds is 4. The average molecular weight is 418 g/mol. The van der Waals surface area contributed by atoms with Crippen LogP contribution in [0.1, 0.15) is 22.9 Å². The molecule has 0 aliphatic carbocycles. The van der Waals surface area contributed by atoms with Crippen molar-refractivity contribution in [2.24, 2.45) is 0 Å². The van der Waals surface area contributed by atoms with E-state index in [0.717, 1.165) is 11.6 Å². The van der Waals surface area contributed by atoms with E-state index in [4.69, 9.17) is 4.74 Å². The summed E-state index contributed by atoms with van der Waals surface area (Å²) in [6, 6.07) is 14.8. The van der Waals surface area contributed by atoms with E-state index in [0.29, 0.717) is 11.4 Å². The van der Waals surface area contributed by atoms with E-state index in [-0.39, 0.29) is 16.9 Å². The Kier molecular flexibility index (Phi) is 5.25. The Morgan fingerprint density at radius 2 is 1.90 bits per heavy atom. The van der Waals surface area contributed by atoms with Crippen LogP contribution in [0.25, 0.3) is 5.76 Å². The van der Waals surface area contributed by atoms with Crippen LogP contribution in [-0.2, 0) is 9.59 Å². The topological polar surface area (TPSA) is 79.7 Å². The molecule has 0 bridgehead atoms. The summed E-state index contributed by atoms with van der Waals surface area (Å²) in [5, 5.41) is 11.1. The Hall–Kier alpha value is -4.00. The number of aromatic nitrogens is 1. The van der Waals surface area contributed by atoms with Crippen molar-refractivity contribution >= 4 is 23.1 Å². The van der Waals surface area contributed by atoms with E-state index < -0.39 is 29.3 Å². The molecule has 2 aromatic carbocycles. The lowest BCUT2D eigenvalue weighted by atomic mass is 9.97. The van der Waals surface area contributed by atoms with Crippen LogP contribution < -0.4 is 9.64 Å². The summed E-state index contributed by atoms with van der Waals surface area (Å²) in [5.41, 5.74) is 1.56. The number of amides is 1. The number of methoxy groups -OCH3 is 1. The SMILES string of the molecule is COc1ccc(F)cc1/C(O)=C1\C(=O)C(=O)N(c2cccc(C)c2)C1c1ccccn1. The first-order valence-electron chi connectivity index (χ1n) is 9.55. The maximum absolute atomic E-state index is 13.9. The Bertz CT molecular complexity index is 1210. The highest BCUT2D eigenvalue weighted by atomic mass is 19.1. The number of ether oxygens (including phenoxy) is 1. The van der Waals surface area contributed by atoms with Gasteiger partial charge in [0, 0.05) is 11.9 Å². The number of pyridine rings is 1. The molecule has 1 aromatic heterocycles. The van der Waals surface area contributed by atoms with Gasteiger partial charge in [-0.1, -0.05) is 18.2 Å². The van der Waals surface area contributed by atoms with Crippen LogP contribution in [0.15, 0.2) is 72.4 Å². The molecule has 2 heterocycles. The third-order valence-electron chi connectivity index (χ3n) is 5.11. The van der Waals surface area contributed by atoms with Gasteiger partial charge in [0.2, 0.25) is 0 Å². The second-order valence-corrected chi connectivity index (χ2v) is 7.11. The van der Waals surface area contributed by atoms with Gasteiger partial charge in [0.1, 0.15) is 23.4 Å². The average Bonchev–Trinajstić information content (AvgIpc) is 3.04. The Morgan fingerprint density at radius 1 is 1.10 bits per heavy atom. The number of hydrogen-bond donors (Lipinski definition) is 1. The summed E-state index contributed by atoms with van der Waals surface area (Å²) in [5.74, 6) is -2.68. The van der Waals surface area contributed by atoms with Crippen LogP contribution in [0.4, 0.5) is 10.1 Å². The molecule has 1 unspecified atom stereocenters. The first-order valence-corrected chi connectivity index (χ1v) is 9.55. The zero-order chi connectivity index (χ0) is 22.1. The molecule has 1 atom stereocenters.